The van der Waals surface area contributed by atoms with Crippen molar-refractivity contribution in [2.75, 3.05) is 0 Å². The third-order valence-electron chi connectivity index (χ3n) is 3.78. The predicted octanol–water partition coefficient (Wildman–Crippen LogP) is 3.25. The zero-order chi connectivity index (χ0) is 9.31. The van der Waals surface area contributed by atoms with Gasteiger partial charge < -0.3 is 0 Å². The monoisotopic (exact) mass is 178 g/mol. The molecule has 0 saturated heterocycles. The maximum atomic E-state index is 11.5. The van der Waals surface area contributed by atoms with E-state index in [2.05, 4.69) is 13.0 Å². The summed E-state index contributed by atoms with van der Waals surface area (Å²) in [6.07, 6.45) is 10.1. The quantitative estimate of drug-likeness (QED) is 0.520. The zero-order valence-corrected chi connectivity index (χ0v) is 8.44. The van der Waals surface area contributed by atoms with Crippen LogP contribution >= 0.6 is 0 Å². The highest BCUT2D eigenvalue weighted by atomic mass is 16.1. The van der Waals surface area contributed by atoms with Crippen LogP contribution in [0.25, 0.3) is 0 Å². The Labute approximate surface area is 80.2 Å². The summed E-state index contributed by atoms with van der Waals surface area (Å²) in [5.74, 6) is 0.493. The summed E-state index contributed by atoms with van der Waals surface area (Å²) < 4.78 is 0. The second-order valence-electron chi connectivity index (χ2n) is 4.52. The molecule has 1 unspecified atom stereocenters. The second-order valence-corrected chi connectivity index (χ2v) is 4.52. The number of allylic oxidation sites excluding steroid dienone is 2. The van der Waals surface area contributed by atoms with Crippen LogP contribution in [0.3, 0.4) is 0 Å². The SMILES string of the molecule is C/C=C1/CCCC12CCCC(=O)C2. The van der Waals surface area contributed by atoms with Gasteiger partial charge in [-0.2, -0.15) is 0 Å². The smallest absolute Gasteiger partial charge is 0.133 e. The number of hydrogen-bond acceptors (Lipinski definition) is 1. The molecule has 0 aromatic heterocycles. The predicted molar refractivity (Wildman–Crippen MR) is 53.5 cm³/mol. The summed E-state index contributed by atoms with van der Waals surface area (Å²) in [6.45, 7) is 2.13. The molecule has 0 aromatic rings. The Hall–Kier alpha value is -0.590. The summed E-state index contributed by atoms with van der Waals surface area (Å²) in [4.78, 5) is 11.5. The van der Waals surface area contributed by atoms with E-state index in [9.17, 15) is 4.79 Å². The second kappa shape index (κ2) is 3.28. The van der Waals surface area contributed by atoms with E-state index in [-0.39, 0.29) is 0 Å². The Balaban J connectivity index is 2.22. The van der Waals surface area contributed by atoms with Gasteiger partial charge in [-0.25, -0.2) is 0 Å². The van der Waals surface area contributed by atoms with Crippen LogP contribution in [0.15, 0.2) is 11.6 Å². The topological polar surface area (TPSA) is 17.1 Å². The molecule has 0 amide bonds. The average molecular weight is 178 g/mol. The minimum atomic E-state index is 0.323. The van der Waals surface area contributed by atoms with Gasteiger partial charge in [0.2, 0.25) is 0 Å². The van der Waals surface area contributed by atoms with Gasteiger partial charge in [-0.15, -0.1) is 0 Å². The van der Waals surface area contributed by atoms with Crippen molar-refractivity contribution < 1.29 is 4.79 Å². The third kappa shape index (κ3) is 1.45. The van der Waals surface area contributed by atoms with Crippen molar-refractivity contribution >= 4 is 5.78 Å². The summed E-state index contributed by atoms with van der Waals surface area (Å²) in [7, 11) is 0. The summed E-state index contributed by atoms with van der Waals surface area (Å²) in [5.41, 5.74) is 1.89. The molecule has 0 bridgehead atoms. The van der Waals surface area contributed by atoms with Crippen molar-refractivity contribution in [2.24, 2.45) is 5.41 Å². The fraction of sp³-hybridized carbons (Fsp3) is 0.750. The lowest BCUT2D eigenvalue weighted by Gasteiger charge is -2.34. The normalized spacial score (nSPS) is 37.6. The lowest BCUT2D eigenvalue weighted by molar-refractivity contribution is -0.122. The highest BCUT2D eigenvalue weighted by molar-refractivity contribution is 5.80. The number of carbonyl (C=O) groups excluding carboxylic acids is 1. The molecule has 2 aliphatic rings. The van der Waals surface area contributed by atoms with Crippen molar-refractivity contribution in [3.8, 4) is 0 Å². The molecule has 2 aliphatic carbocycles. The molecule has 0 aromatic carbocycles. The Morgan fingerprint density at radius 2 is 1.92 bits per heavy atom. The number of Topliss-reactive ketones (excluding diaryl/α,β-unsaturated/α-hetero) is 1. The molecule has 0 heterocycles. The van der Waals surface area contributed by atoms with Crippen LogP contribution in [0, 0.1) is 5.41 Å². The minimum absolute atomic E-state index is 0.323. The maximum absolute atomic E-state index is 11.5. The molecule has 13 heavy (non-hydrogen) atoms. The van der Waals surface area contributed by atoms with Gasteiger partial charge in [0.15, 0.2) is 0 Å². The van der Waals surface area contributed by atoms with E-state index in [1.165, 1.54) is 25.7 Å². The van der Waals surface area contributed by atoms with Crippen LogP contribution in [0.4, 0.5) is 0 Å². The molecule has 2 fully saturated rings. The van der Waals surface area contributed by atoms with Gasteiger partial charge in [0.1, 0.15) is 5.78 Å². The Morgan fingerprint density at radius 1 is 1.23 bits per heavy atom. The number of ketones is 1. The van der Waals surface area contributed by atoms with E-state index < -0.39 is 0 Å². The van der Waals surface area contributed by atoms with Gasteiger partial charge in [-0.1, -0.05) is 11.6 Å². The highest BCUT2D eigenvalue weighted by Gasteiger charge is 2.41. The summed E-state index contributed by atoms with van der Waals surface area (Å²) in [5, 5.41) is 0. The van der Waals surface area contributed by atoms with Crippen molar-refractivity contribution in [3.05, 3.63) is 11.6 Å². The van der Waals surface area contributed by atoms with Crippen LogP contribution < -0.4 is 0 Å². The minimum Gasteiger partial charge on any atom is -0.300 e. The van der Waals surface area contributed by atoms with Crippen molar-refractivity contribution in [2.45, 2.75) is 51.9 Å². The third-order valence-corrected chi connectivity index (χ3v) is 3.78. The average Bonchev–Trinajstić information content (AvgIpc) is 2.47. The zero-order valence-electron chi connectivity index (χ0n) is 8.44. The van der Waals surface area contributed by atoms with Gasteiger partial charge in [0.05, 0.1) is 0 Å². The van der Waals surface area contributed by atoms with Gasteiger partial charge in [0.25, 0.3) is 0 Å². The lowest BCUT2D eigenvalue weighted by atomic mass is 9.70. The molecule has 2 rings (SSSR count). The first-order valence-electron chi connectivity index (χ1n) is 5.44. The molecule has 1 heteroatoms. The van der Waals surface area contributed by atoms with Crippen LogP contribution in [0.2, 0.25) is 0 Å². The largest absolute Gasteiger partial charge is 0.300 e. The van der Waals surface area contributed by atoms with Crippen LogP contribution in [-0.2, 0) is 4.79 Å². The molecule has 72 valence electrons. The van der Waals surface area contributed by atoms with E-state index in [0.717, 1.165) is 19.3 Å². The molecular formula is C12H18O. The molecule has 0 aliphatic heterocycles. The molecule has 1 spiro atoms. The fourth-order valence-corrected chi connectivity index (χ4v) is 3.16. The number of rotatable bonds is 0. The van der Waals surface area contributed by atoms with Crippen LogP contribution in [0.1, 0.15) is 51.9 Å². The molecule has 2 saturated carbocycles. The van der Waals surface area contributed by atoms with Crippen molar-refractivity contribution in [3.63, 3.8) is 0 Å². The number of carbonyl (C=O) groups is 1. The standard InChI is InChI=1S/C12H18O/c1-2-10-5-3-7-12(10)8-4-6-11(13)9-12/h2H,3-9H2,1H3/b10-2-. The molecular weight excluding hydrogens is 160 g/mol. The van der Waals surface area contributed by atoms with E-state index >= 15 is 0 Å². The first-order valence-corrected chi connectivity index (χ1v) is 5.44. The summed E-state index contributed by atoms with van der Waals surface area (Å²) >= 11 is 0. The van der Waals surface area contributed by atoms with Gasteiger partial charge in [-0.3, -0.25) is 4.79 Å². The Kier molecular flexibility index (Phi) is 2.27. The van der Waals surface area contributed by atoms with E-state index in [4.69, 9.17) is 0 Å². The van der Waals surface area contributed by atoms with E-state index in [1.807, 2.05) is 0 Å². The van der Waals surface area contributed by atoms with E-state index in [1.54, 1.807) is 5.57 Å². The van der Waals surface area contributed by atoms with Gasteiger partial charge >= 0.3 is 0 Å². The maximum Gasteiger partial charge on any atom is 0.133 e. The van der Waals surface area contributed by atoms with Gasteiger partial charge in [-0.05, 0) is 44.4 Å². The van der Waals surface area contributed by atoms with Crippen LogP contribution in [0.5, 0.6) is 0 Å². The fourth-order valence-electron chi connectivity index (χ4n) is 3.16. The number of hydrogen-bond donors (Lipinski definition) is 0. The van der Waals surface area contributed by atoms with Crippen molar-refractivity contribution in [1.82, 2.24) is 0 Å². The molecule has 0 radical (unpaired) electrons. The first-order chi connectivity index (χ1) is 6.27. The molecule has 1 nitrogen and oxygen atoms in total. The van der Waals surface area contributed by atoms with Gasteiger partial charge in [0, 0.05) is 12.8 Å². The van der Waals surface area contributed by atoms with Crippen molar-refractivity contribution in [1.29, 1.82) is 0 Å². The molecule has 0 N–H and O–H groups in total. The Morgan fingerprint density at radius 3 is 2.54 bits per heavy atom. The Bertz CT molecular complexity index is 252. The first kappa shape index (κ1) is 8.98. The van der Waals surface area contributed by atoms with E-state index in [0.29, 0.717) is 11.2 Å². The highest BCUT2D eigenvalue weighted by Crippen LogP contribution is 2.51. The van der Waals surface area contributed by atoms with Crippen LogP contribution in [-0.4, -0.2) is 5.78 Å². The molecule has 1 atom stereocenters. The lowest BCUT2D eigenvalue weighted by Crippen LogP contribution is -2.27. The summed E-state index contributed by atoms with van der Waals surface area (Å²) in [6, 6.07) is 0.